The van der Waals surface area contributed by atoms with Crippen molar-refractivity contribution < 1.29 is 9.53 Å². The molecule has 178 valence electrons. The van der Waals surface area contributed by atoms with E-state index in [0.717, 1.165) is 44.6 Å². The SMILES string of the molecule is CCC1NNC(C(=O)NC2CCN(CC3(c4ccc(OC)cc4)CCCCC3)CC2)C1C. The largest absolute Gasteiger partial charge is 0.497 e. The summed E-state index contributed by atoms with van der Waals surface area (Å²) in [4.78, 5) is 15.5. The lowest BCUT2D eigenvalue weighted by molar-refractivity contribution is -0.124. The number of amides is 1. The lowest BCUT2D eigenvalue weighted by Gasteiger charge is -2.44. The summed E-state index contributed by atoms with van der Waals surface area (Å²) in [6.07, 6.45) is 9.64. The summed E-state index contributed by atoms with van der Waals surface area (Å²) in [6.45, 7) is 7.58. The molecule has 6 heteroatoms. The van der Waals surface area contributed by atoms with Crippen molar-refractivity contribution in [1.29, 1.82) is 0 Å². The first-order valence-electron chi connectivity index (χ1n) is 12.7. The number of nitrogens with zero attached hydrogens (tertiary/aromatic N) is 1. The van der Waals surface area contributed by atoms with Gasteiger partial charge in [-0.05, 0) is 55.7 Å². The van der Waals surface area contributed by atoms with Gasteiger partial charge in [-0.3, -0.25) is 10.2 Å². The van der Waals surface area contributed by atoms with Crippen LogP contribution in [0.5, 0.6) is 5.75 Å². The summed E-state index contributed by atoms with van der Waals surface area (Å²) in [6, 6.07) is 9.33. The number of hydrazine groups is 1. The number of hydrogen-bond donors (Lipinski definition) is 3. The standard InChI is InChI=1S/C26H42N4O2/c1-4-23-19(2)24(29-28-23)25(31)27-21-12-16-30(17-13-21)18-26(14-6-5-7-15-26)20-8-10-22(32-3)11-9-20/h8-11,19,21,23-24,28-29H,4-7,12-18H2,1-3H3,(H,27,31). The summed E-state index contributed by atoms with van der Waals surface area (Å²) in [5, 5.41) is 3.33. The van der Waals surface area contributed by atoms with Crippen molar-refractivity contribution in [2.75, 3.05) is 26.7 Å². The van der Waals surface area contributed by atoms with Crippen molar-refractivity contribution in [1.82, 2.24) is 21.1 Å². The fraction of sp³-hybridized carbons (Fsp3) is 0.731. The first-order valence-corrected chi connectivity index (χ1v) is 12.7. The van der Waals surface area contributed by atoms with E-state index in [-0.39, 0.29) is 23.4 Å². The smallest absolute Gasteiger partial charge is 0.239 e. The average molecular weight is 443 g/mol. The summed E-state index contributed by atoms with van der Waals surface area (Å²) in [5.41, 5.74) is 8.21. The lowest BCUT2D eigenvalue weighted by Crippen LogP contribution is -2.53. The third-order valence-corrected chi connectivity index (χ3v) is 8.28. The van der Waals surface area contributed by atoms with Crippen LogP contribution < -0.4 is 20.9 Å². The maximum atomic E-state index is 12.8. The van der Waals surface area contributed by atoms with Crippen LogP contribution in [0, 0.1) is 5.92 Å². The molecular formula is C26H42N4O2. The number of ether oxygens (including phenoxy) is 1. The Morgan fingerprint density at radius 1 is 1.12 bits per heavy atom. The molecule has 0 aromatic heterocycles. The number of piperidine rings is 1. The van der Waals surface area contributed by atoms with E-state index in [2.05, 4.69) is 59.2 Å². The third kappa shape index (κ3) is 5.13. The highest BCUT2D eigenvalue weighted by molar-refractivity contribution is 5.82. The zero-order valence-electron chi connectivity index (χ0n) is 20.2. The summed E-state index contributed by atoms with van der Waals surface area (Å²) < 4.78 is 5.39. The Morgan fingerprint density at radius 2 is 1.81 bits per heavy atom. The summed E-state index contributed by atoms with van der Waals surface area (Å²) in [5.74, 6) is 1.40. The van der Waals surface area contributed by atoms with Crippen molar-refractivity contribution >= 4 is 5.91 Å². The van der Waals surface area contributed by atoms with Crippen LogP contribution in [0.3, 0.4) is 0 Å². The van der Waals surface area contributed by atoms with E-state index in [1.807, 2.05) is 0 Å². The van der Waals surface area contributed by atoms with Gasteiger partial charge in [-0.25, -0.2) is 5.43 Å². The molecule has 2 aliphatic heterocycles. The fourth-order valence-corrected chi connectivity index (χ4v) is 6.14. The van der Waals surface area contributed by atoms with Gasteiger partial charge in [-0.1, -0.05) is 45.2 Å². The Bertz CT molecular complexity index is 739. The highest BCUT2D eigenvalue weighted by Crippen LogP contribution is 2.41. The highest BCUT2D eigenvalue weighted by Gasteiger charge is 2.38. The summed E-state index contributed by atoms with van der Waals surface area (Å²) >= 11 is 0. The molecule has 2 heterocycles. The van der Waals surface area contributed by atoms with Crippen LogP contribution in [-0.4, -0.2) is 55.7 Å². The monoisotopic (exact) mass is 442 g/mol. The minimum Gasteiger partial charge on any atom is -0.497 e. The van der Waals surface area contributed by atoms with E-state index in [1.54, 1.807) is 7.11 Å². The van der Waals surface area contributed by atoms with Crippen molar-refractivity contribution in [2.24, 2.45) is 5.92 Å². The van der Waals surface area contributed by atoms with Crippen molar-refractivity contribution in [2.45, 2.75) is 88.8 Å². The molecule has 2 saturated heterocycles. The maximum absolute atomic E-state index is 12.8. The van der Waals surface area contributed by atoms with Crippen LogP contribution in [-0.2, 0) is 10.2 Å². The lowest BCUT2D eigenvalue weighted by atomic mass is 9.69. The van der Waals surface area contributed by atoms with Crippen molar-refractivity contribution in [3.63, 3.8) is 0 Å². The van der Waals surface area contributed by atoms with E-state index in [4.69, 9.17) is 4.74 Å². The van der Waals surface area contributed by atoms with Gasteiger partial charge in [0.05, 0.1) is 7.11 Å². The molecule has 4 rings (SSSR count). The maximum Gasteiger partial charge on any atom is 0.239 e. The van der Waals surface area contributed by atoms with E-state index in [0.29, 0.717) is 12.0 Å². The molecule has 1 aromatic rings. The van der Waals surface area contributed by atoms with Gasteiger partial charge in [0.25, 0.3) is 0 Å². The molecule has 1 aliphatic carbocycles. The van der Waals surface area contributed by atoms with E-state index >= 15 is 0 Å². The van der Waals surface area contributed by atoms with Crippen molar-refractivity contribution in [3.8, 4) is 5.75 Å². The molecule has 3 unspecified atom stereocenters. The van der Waals surface area contributed by atoms with Crippen LogP contribution in [0.2, 0.25) is 0 Å². The molecule has 3 N–H and O–H groups in total. The number of carbonyl (C=O) groups excluding carboxylic acids is 1. The number of hydrogen-bond acceptors (Lipinski definition) is 5. The molecule has 1 aromatic carbocycles. The van der Waals surface area contributed by atoms with Gasteiger partial charge in [0.15, 0.2) is 0 Å². The molecule has 3 fully saturated rings. The molecule has 0 spiro atoms. The molecule has 0 bridgehead atoms. The zero-order chi connectivity index (χ0) is 22.6. The van der Waals surface area contributed by atoms with Gasteiger partial charge in [0, 0.05) is 37.1 Å². The second-order valence-corrected chi connectivity index (χ2v) is 10.3. The molecule has 32 heavy (non-hydrogen) atoms. The molecule has 3 atom stereocenters. The number of rotatable bonds is 7. The van der Waals surface area contributed by atoms with Crippen LogP contribution in [0.4, 0.5) is 0 Å². The second kappa shape index (κ2) is 10.5. The Kier molecular flexibility index (Phi) is 7.74. The number of nitrogens with one attached hydrogen (secondary N) is 3. The predicted molar refractivity (Wildman–Crippen MR) is 129 cm³/mol. The Hall–Kier alpha value is -1.63. The Balaban J connectivity index is 1.32. The number of carbonyl (C=O) groups is 1. The Morgan fingerprint density at radius 3 is 2.41 bits per heavy atom. The van der Waals surface area contributed by atoms with Crippen LogP contribution in [0.25, 0.3) is 0 Å². The van der Waals surface area contributed by atoms with Crippen LogP contribution in [0.15, 0.2) is 24.3 Å². The predicted octanol–water partition coefficient (Wildman–Crippen LogP) is 3.37. The van der Waals surface area contributed by atoms with Crippen molar-refractivity contribution in [3.05, 3.63) is 29.8 Å². The highest BCUT2D eigenvalue weighted by atomic mass is 16.5. The molecule has 6 nitrogen and oxygen atoms in total. The van der Waals surface area contributed by atoms with Gasteiger partial charge in [-0.15, -0.1) is 0 Å². The van der Waals surface area contributed by atoms with Crippen LogP contribution in [0.1, 0.15) is 70.8 Å². The topological polar surface area (TPSA) is 65.6 Å². The minimum atomic E-state index is -0.126. The number of likely N-dealkylation sites (tertiary alicyclic amines) is 1. The fourth-order valence-electron chi connectivity index (χ4n) is 6.14. The average Bonchev–Trinajstić information content (AvgIpc) is 3.21. The van der Waals surface area contributed by atoms with Gasteiger partial charge in [0.1, 0.15) is 11.8 Å². The minimum absolute atomic E-state index is 0.126. The van der Waals surface area contributed by atoms with Gasteiger partial charge >= 0.3 is 0 Å². The van der Waals surface area contributed by atoms with Crippen LogP contribution >= 0.6 is 0 Å². The number of methoxy groups -OCH3 is 1. The molecular weight excluding hydrogens is 400 g/mol. The second-order valence-electron chi connectivity index (χ2n) is 10.3. The van der Waals surface area contributed by atoms with E-state index < -0.39 is 0 Å². The van der Waals surface area contributed by atoms with E-state index in [9.17, 15) is 4.79 Å². The quantitative estimate of drug-likeness (QED) is 0.604. The summed E-state index contributed by atoms with van der Waals surface area (Å²) in [7, 11) is 1.73. The number of benzene rings is 1. The normalized spacial score (nSPS) is 29.0. The third-order valence-electron chi connectivity index (χ3n) is 8.28. The van der Waals surface area contributed by atoms with Gasteiger partial charge in [0.2, 0.25) is 5.91 Å². The first kappa shape index (κ1) is 23.5. The first-order chi connectivity index (χ1) is 15.5. The molecule has 3 aliphatic rings. The van der Waals surface area contributed by atoms with Gasteiger partial charge in [-0.2, -0.15) is 0 Å². The zero-order valence-corrected chi connectivity index (χ0v) is 20.2. The Labute approximate surface area is 193 Å². The van der Waals surface area contributed by atoms with Gasteiger partial charge < -0.3 is 15.0 Å². The van der Waals surface area contributed by atoms with E-state index in [1.165, 1.54) is 37.7 Å². The molecule has 0 radical (unpaired) electrons. The molecule has 1 saturated carbocycles. The molecule has 1 amide bonds.